The van der Waals surface area contributed by atoms with E-state index in [0.29, 0.717) is 18.2 Å². The normalized spacial score (nSPS) is 14.8. The summed E-state index contributed by atoms with van der Waals surface area (Å²) in [5, 5.41) is 9.68. The lowest BCUT2D eigenvalue weighted by Crippen LogP contribution is -2.22. The number of nitrogens with zero attached hydrogens (tertiary/aromatic N) is 1. The third-order valence-corrected chi connectivity index (χ3v) is 2.85. The lowest BCUT2D eigenvalue weighted by Gasteiger charge is -1.99. The number of nitrogens with one attached hydrogen (secondary N) is 2. The van der Waals surface area contributed by atoms with Crippen molar-refractivity contribution in [2.45, 2.75) is 25.3 Å². The van der Waals surface area contributed by atoms with Crippen molar-refractivity contribution < 1.29 is 9.21 Å². The van der Waals surface area contributed by atoms with Crippen LogP contribution in [0.25, 0.3) is 0 Å². The largest absolute Gasteiger partial charge is 0.467 e. The third kappa shape index (κ3) is 2.22. The first-order valence-electron chi connectivity index (χ1n) is 5.69. The maximum absolute atomic E-state index is 11.8. The molecule has 0 aromatic carbocycles. The highest BCUT2D eigenvalue weighted by Crippen LogP contribution is 2.38. The molecule has 0 aliphatic heterocycles. The van der Waals surface area contributed by atoms with E-state index in [0.717, 1.165) is 11.5 Å². The van der Waals surface area contributed by atoms with Gasteiger partial charge in [-0.25, -0.2) is 0 Å². The van der Waals surface area contributed by atoms with Gasteiger partial charge in [-0.05, 0) is 31.0 Å². The van der Waals surface area contributed by atoms with Crippen LogP contribution >= 0.6 is 0 Å². The number of furan rings is 1. The number of rotatable bonds is 4. The Bertz CT molecular complexity index is 512. The molecule has 0 atom stereocenters. The first-order valence-corrected chi connectivity index (χ1v) is 5.69. The minimum Gasteiger partial charge on any atom is -0.467 e. The smallest absolute Gasteiger partial charge is 0.272 e. The van der Waals surface area contributed by atoms with Gasteiger partial charge >= 0.3 is 0 Å². The second-order valence-corrected chi connectivity index (χ2v) is 4.24. The lowest BCUT2D eigenvalue weighted by molar-refractivity contribution is 0.0943. The molecule has 1 saturated carbocycles. The first kappa shape index (κ1) is 10.1. The number of aromatic amines is 1. The summed E-state index contributed by atoms with van der Waals surface area (Å²) in [6.45, 7) is 0.386. The summed E-state index contributed by atoms with van der Waals surface area (Å²) in [4.78, 5) is 11.8. The van der Waals surface area contributed by atoms with Gasteiger partial charge in [-0.2, -0.15) is 5.10 Å². The van der Waals surface area contributed by atoms with E-state index in [1.165, 1.54) is 12.8 Å². The van der Waals surface area contributed by atoms with Gasteiger partial charge in [0, 0.05) is 11.6 Å². The fraction of sp³-hybridized carbons (Fsp3) is 0.333. The number of carbonyl (C=O) groups excluding carboxylic acids is 1. The molecule has 1 fully saturated rings. The molecule has 5 heteroatoms. The molecular weight excluding hydrogens is 218 g/mol. The minimum atomic E-state index is -0.176. The molecule has 2 heterocycles. The van der Waals surface area contributed by atoms with Crippen molar-refractivity contribution in [3.8, 4) is 0 Å². The van der Waals surface area contributed by atoms with Gasteiger partial charge in [-0.15, -0.1) is 0 Å². The van der Waals surface area contributed by atoms with Crippen molar-refractivity contribution in [2.75, 3.05) is 0 Å². The quantitative estimate of drug-likeness (QED) is 0.843. The molecule has 1 amide bonds. The van der Waals surface area contributed by atoms with Crippen LogP contribution in [-0.2, 0) is 6.54 Å². The number of H-pyrrole nitrogens is 1. The third-order valence-electron chi connectivity index (χ3n) is 2.85. The highest BCUT2D eigenvalue weighted by atomic mass is 16.3. The molecule has 2 aromatic rings. The molecule has 3 rings (SSSR count). The van der Waals surface area contributed by atoms with Crippen molar-refractivity contribution in [3.63, 3.8) is 0 Å². The van der Waals surface area contributed by atoms with E-state index < -0.39 is 0 Å². The van der Waals surface area contributed by atoms with Crippen LogP contribution in [-0.4, -0.2) is 16.1 Å². The molecule has 2 N–H and O–H groups in total. The Morgan fingerprint density at radius 2 is 2.47 bits per heavy atom. The Morgan fingerprint density at radius 3 is 3.18 bits per heavy atom. The number of hydrogen-bond donors (Lipinski definition) is 2. The van der Waals surface area contributed by atoms with Crippen LogP contribution in [0.1, 0.15) is 40.7 Å². The van der Waals surface area contributed by atoms with Crippen molar-refractivity contribution in [2.24, 2.45) is 0 Å². The lowest BCUT2D eigenvalue weighted by atomic mass is 10.2. The van der Waals surface area contributed by atoms with E-state index in [1.807, 2.05) is 12.1 Å². The van der Waals surface area contributed by atoms with Crippen LogP contribution in [0.4, 0.5) is 0 Å². The maximum Gasteiger partial charge on any atom is 0.272 e. The standard InChI is InChI=1S/C12H13N3O2/c16-12(13-7-9-2-1-5-17-9)11-6-10(14-15-11)8-3-4-8/h1-2,5-6,8H,3-4,7H2,(H,13,16)(H,14,15). The van der Waals surface area contributed by atoms with Gasteiger partial charge in [0.25, 0.3) is 5.91 Å². The maximum atomic E-state index is 11.8. The summed E-state index contributed by atoms with van der Waals surface area (Å²) < 4.78 is 5.13. The molecule has 88 valence electrons. The summed E-state index contributed by atoms with van der Waals surface area (Å²) in [6.07, 6.45) is 3.96. The second kappa shape index (κ2) is 4.08. The van der Waals surface area contributed by atoms with Crippen molar-refractivity contribution in [3.05, 3.63) is 41.6 Å². The van der Waals surface area contributed by atoms with Gasteiger partial charge in [0.1, 0.15) is 11.5 Å². The highest BCUT2D eigenvalue weighted by Gasteiger charge is 2.26. The number of hydrogen-bond acceptors (Lipinski definition) is 3. The van der Waals surface area contributed by atoms with E-state index in [-0.39, 0.29) is 5.91 Å². The Kier molecular flexibility index (Phi) is 2.44. The Morgan fingerprint density at radius 1 is 1.59 bits per heavy atom. The predicted molar refractivity (Wildman–Crippen MR) is 60.4 cm³/mol. The van der Waals surface area contributed by atoms with E-state index in [4.69, 9.17) is 4.42 Å². The highest BCUT2D eigenvalue weighted by molar-refractivity contribution is 5.92. The van der Waals surface area contributed by atoms with Crippen LogP contribution in [0.3, 0.4) is 0 Å². The van der Waals surface area contributed by atoms with Gasteiger partial charge in [0.2, 0.25) is 0 Å². The fourth-order valence-corrected chi connectivity index (χ4v) is 1.73. The zero-order valence-corrected chi connectivity index (χ0v) is 9.27. The summed E-state index contributed by atoms with van der Waals surface area (Å²) in [5.74, 6) is 1.13. The van der Waals surface area contributed by atoms with Crippen molar-refractivity contribution in [1.29, 1.82) is 0 Å². The Labute approximate surface area is 98.2 Å². The molecule has 17 heavy (non-hydrogen) atoms. The zero-order chi connectivity index (χ0) is 11.7. The van der Waals surface area contributed by atoms with Crippen LogP contribution < -0.4 is 5.32 Å². The van der Waals surface area contributed by atoms with Gasteiger partial charge in [0.05, 0.1) is 12.8 Å². The molecule has 0 radical (unpaired) electrons. The molecular formula is C12H13N3O2. The molecule has 5 nitrogen and oxygen atoms in total. The van der Waals surface area contributed by atoms with Crippen LogP contribution in [0.15, 0.2) is 28.9 Å². The average molecular weight is 231 g/mol. The molecule has 0 unspecified atom stereocenters. The van der Waals surface area contributed by atoms with Crippen molar-refractivity contribution >= 4 is 5.91 Å². The van der Waals surface area contributed by atoms with Gasteiger partial charge in [-0.3, -0.25) is 9.89 Å². The number of carbonyl (C=O) groups is 1. The summed E-state index contributed by atoms with van der Waals surface area (Å²) >= 11 is 0. The van der Waals surface area contributed by atoms with Gasteiger partial charge in [-0.1, -0.05) is 0 Å². The van der Waals surface area contributed by atoms with E-state index >= 15 is 0 Å². The first-order chi connectivity index (χ1) is 8.33. The van der Waals surface area contributed by atoms with Crippen LogP contribution in [0.5, 0.6) is 0 Å². The molecule has 0 spiro atoms. The van der Waals surface area contributed by atoms with Crippen LogP contribution in [0.2, 0.25) is 0 Å². The minimum absolute atomic E-state index is 0.176. The summed E-state index contributed by atoms with van der Waals surface area (Å²) in [5.41, 5.74) is 1.51. The summed E-state index contributed by atoms with van der Waals surface area (Å²) in [6, 6.07) is 5.44. The Balaban J connectivity index is 1.60. The monoisotopic (exact) mass is 231 g/mol. The molecule has 0 saturated heterocycles. The fourth-order valence-electron chi connectivity index (χ4n) is 1.73. The topological polar surface area (TPSA) is 70.9 Å². The molecule has 1 aliphatic rings. The van der Waals surface area contributed by atoms with E-state index in [9.17, 15) is 4.79 Å². The van der Waals surface area contributed by atoms with E-state index in [2.05, 4.69) is 15.5 Å². The van der Waals surface area contributed by atoms with E-state index in [1.54, 1.807) is 12.3 Å². The molecule has 2 aromatic heterocycles. The molecule has 1 aliphatic carbocycles. The Hall–Kier alpha value is -2.04. The SMILES string of the molecule is O=C(NCc1ccco1)c1cc(C2CC2)[nH]n1. The van der Waals surface area contributed by atoms with Gasteiger partial charge in [0.15, 0.2) is 0 Å². The molecule has 0 bridgehead atoms. The van der Waals surface area contributed by atoms with Crippen LogP contribution in [0, 0.1) is 0 Å². The number of aromatic nitrogens is 2. The second-order valence-electron chi connectivity index (χ2n) is 4.24. The van der Waals surface area contributed by atoms with Gasteiger partial charge < -0.3 is 9.73 Å². The summed E-state index contributed by atoms with van der Waals surface area (Å²) in [7, 11) is 0. The predicted octanol–water partition coefficient (Wildman–Crippen LogP) is 1.81. The van der Waals surface area contributed by atoms with Crippen molar-refractivity contribution in [1.82, 2.24) is 15.5 Å². The average Bonchev–Trinajstić information content (AvgIpc) is 2.88. The zero-order valence-electron chi connectivity index (χ0n) is 9.27. The number of amides is 1.